The van der Waals surface area contributed by atoms with E-state index in [1.54, 1.807) is 0 Å². The summed E-state index contributed by atoms with van der Waals surface area (Å²) in [7, 11) is 0. The second kappa shape index (κ2) is 15.0. The topological polar surface area (TPSA) is 0 Å². The molecule has 0 fully saturated rings. The van der Waals surface area contributed by atoms with E-state index in [0.717, 1.165) is 74.8 Å². The molecule has 3 aromatic rings. The molecule has 0 amide bonds. The molecule has 0 N–H and O–H groups in total. The van der Waals surface area contributed by atoms with Gasteiger partial charge in [-0.1, -0.05) is 85.7 Å². The molecule has 39 heavy (non-hydrogen) atoms. The lowest BCUT2D eigenvalue weighted by molar-refractivity contribution is 0.557. The monoisotopic (exact) mass is 1670 g/mol. The molecule has 212 valence electrons. The zero-order valence-corrected chi connectivity index (χ0v) is 46.0. The summed E-state index contributed by atoms with van der Waals surface area (Å²) in [5.41, 5.74) is 2.56. The lowest BCUT2D eigenvalue weighted by Gasteiger charge is -2.50. The molecule has 0 heterocycles. The summed E-state index contributed by atoms with van der Waals surface area (Å²) in [4.78, 5) is 0. The van der Waals surface area contributed by atoms with Crippen molar-refractivity contribution in [1.82, 2.24) is 0 Å². The Bertz CT molecular complexity index is 1450. The molecule has 1 atom stereocenters. The van der Waals surface area contributed by atoms with Crippen LogP contribution in [0.25, 0.3) is 0 Å². The van der Waals surface area contributed by atoms with Gasteiger partial charge in [0.1, 0.15) is 10.8 Å². The molecule has 0 bridgehead atoms. The molecule has 1 unspecified atom stereocenters. The van der Waals surface area contributed by atoms with E-state index in [4.69, 9.17) is 0 Å². The van der Waals surface area contributed by atoms with Crippen molar-refractivity contribution in [3.63, 3.8) is 0 Å². The third-order valence-corrected chi connectivity index (χ3v) is 28.6. The van der Waals surface area contributed by atoms with Crippen LogP contribution in [0.4, 0.5) is 0 Å². The Kier molecular flexibility index (Phi) is 15.3. The highest BCUT2D eigenvalue weighted by molar-refractivity contribution is 9.27. The summed E-state index contributed by atoms with van der Waals surface area (Å²) >= 11 is 69.7. The van der Waals surface area contributed by atoms with E-state index in [0.29, 0.717) is 0 Å². The molecular formula is C21H2Br18. The van der Waals surface area contributed by atoms with E-state index in [1.165, 1.54) is 0 Å². The van der Waals surface area contributed by atoms with Crippen molar-refractivity contribution < 1.29 is 0 Å². The van der Waals surface area contributed by atoms with Crippen LogP contribution in [0, 0.1) is 0 Å². The molecule has 0 aromatic heterocycles. The van der Waals surface area contributed by atoms with Crippen molar-refractivity contribution in [1.29, 1.82) is 0 Å². The summed E-state index contributed by atoms with van der Waals surface area (Å²) in [6.45, 7) is 0. The average Bonchev–Trinajstić information content (AvgIpc) is 2.86. The van der Waals surface area contributed by atoms with Crippen LogP contribution < -0.4 is 0 Å². The first-order chi connectivity index (χ1) is 17.7. The van der Waals surface area contributed by atoms with Gasteiger partial charge in [0.2, 0.25) is 0 Å². The maximum Gasteiger partial charge on any atom is 0.129 e. The number of rotatable bonds is 5. The van der Waals surface area contributed by atoms with E-state index < -0.39 is 10.8 Å². The maximum atomic E-state index is 4.28. The predicted octanol–water partition coefficient (Wildman–Crippen LogP) is 18.5. The largest absolute Gasteiger partial charge is 0.129 e. The molecule has 0 aliphatic rings. The van der Waals surface area contributed by atoms with E-state index in [9.17, 15) is 0 Å². The van der Waals surface area contributed by atoms with Gasteiger partial charge in [0, 0.05) is 69.3 Å². The third kappa shape index (κ3) is 6.88. The number of benzene rings is 3. The van der Waals surface area contributed by atoms with Crippen molar-refractivity contribution in [2.24, 2.45) is 0 Å². The summed E-state index contributed by atoms with van der Waals surface area (Å²) < 4.78 is 7.60. The molecule has 3 aromatic carbocycles. The summed E-state index contributed by atoms with van der Waals surface area (Å²) in [6.07, 6.45) is 0. The zero-order valence-electron chi connectivity index (χ0n) is 17.5. The first-order valence-corrected chi connectivity index (χ1v) is 23.6. The fourth-order valence-corrected chi connectivity index (χ4v) is 19.7. The van der Waals surface area contributed by atoms with Gasteiger partial charge >= 0.3 is 0 Å². The highest BCUT2D eigenvalue weighted by Crippen LogP contribution is 2.74. The Morgan fingerprint density at radius 3 is 1.05 bits per heavy atom. The smallest absolute Gasteiger partial charge is 0.0743 e. The zero-order chi connectivity index (χ0) is 30.2. The van der Waals surface area contributed by atoms with Gasteiger partial charge in [-0.25, -0.2) is 0 Å². The predicted molar refractivity (Wildman–Crippen MR) is 229 cm³/mol. The molecule has 18 heteroatoms. The Hall–Kier alpha value is 6.30. The summed E-state index contributed by atoms with van der Waals surface area (Å²) in [5, 5.41) is 0. The summed E-state index contributed by atoms with van der Waals surface area (Å²) in [6, 6.07) is 4.01. The quantitative estimate of drug-likeness (QED) is 0.136. The molecule has 0 saturated carbocycles. The molecular weight excluding hydrogens is 1690 g/mol. The van der Waals surface area contributed by atoms with E-state index in [-0.39, 0.29) is 0 Å². The third-order valence-electron chi connectivity index (χ3n) is 5.32. The van der Waals surface area contributed by atoms with Gasteiger partial charge in [-0.15, -0.1) is 0 Å². The number of alkyl halides is 5. The molecule has 0 saturated heterocycles. The summed E-state index contributed by atoms with van der Waals surface area (Å²) in [5.74, 6) is 0. The first kappa shape index (κ1) is 39.7. The van der Waals surface area contributed by atoms with Gasteiger partial charge in [-0.2, -0.15) is 0 Å². The van der Waals surface area contributed by atoms with Crippen LogP contribution in [-0.2, 0) is 10.8 Å². The molecule has 0 nitrogen and oxygen atoms in total. The van der Waals surface area contributed by atoms with E-state index >= 15 is 0 Å². The number of hydrogen-bond donors (Lipinski definition) is 0. The molecule has 0 spiro atoms. The van der Waals surface area contributed by atoms with Crippen LogP contribution in [0.15, 0.2) is 70.3 Å². The van der Waals surface area contributed by atoms with Crippen LogP contribution >= 0.6 is 287 Å². The number of hydrogen-bond acceptors (Lipinski definition) is 0. The van der Waals surface area contributed by atoms with E-state index in [1.807, 2.05) is 12.1 Å². The van der Waals surface area contributed by atoms with Crippen molar-refractivity contribution in [2.45, 2.75) is 10.8 Å². The second-order valence-corrected chi connectivity index (χ2v) is 25.9. The second-order valence-electron chi connectivity index (χ2n) is 7.42. The van der Waals surface area contributed by atoms with Crippen LogP contribution in [0.5, 0.6) is 0 Å². The first-order valence-electron chi connectivity index (χ1n) is 9.31. The molecule has 0 radical (unpaired) electrons. The normalized spacial score (nSPS) is 14.1. The molecule has 0 aliphatic carbocycles. The van der Waals surface area contributed by atoms with Gasteiger partial charge in [0.25, 0.3) is 0 Å². The van der Waals surface area contributed by atoms with Crippen LogP contribution in [0.3, 0.4) is 0 Å². The van der Waals surface area contributed by atoms with Crippen molar-refractivity contribution in [3.8, 4) is 0 Å². The minimum Gasteiger partial charge on any atom is -0.0743 e. The Labute approximate surface area is 376 Å². The Morgan fingerprint density at radius 2 is 0.667 bits per heavy atom. The van der Waals surface area contributed by atoms with E-state index in [2.05, 4.69) is 287 Å². The van der Waals surface area contributed by atoms with Gasteiger partial charge in [-0.05, 0) is 219 Å². The van der Waals surface area contributed by atoms with Crippen molar-refractivity contribution in [2.75, 3.05) is 0 Å². The standard InChI is InChI=1S/C21H2Br18/c22-4-2-1-3(7(23)8(4)24)20(36,37)19(35,5-9(25)13(29)17(33)14(30)10(5)26)21(38,39)6-11(27)15(31)18(34)16(32)12(6)28/h1-2H. The van der Waals surface area contributed by atoms with Gasteiger partial charge in [0.15, 0.2) is 0 Å². The average molecular weight is 1690 g/mol. The Morgan fingerprint density at radius 1 is 0.333 bits per heavy atom. The fourth-order valence-electron chi connectivity index (χ4n) is 3.43. The molecule has 0 aliphatic heterocycles. The van der Waals surface area contributed by atoms with Gasteiger partial charge in [0.05, 0.1) is 0 Å². The lowest BCUT2D eigenvalue weighted by Crippen LogP contribution is -2.48. The molecule has 3 rings (SSSR count). The van der Waals surface area contributed by atoms with Crippen molar-refractivity contribution >= 4 is 287 Å². The maximum absolute atomic E-state index is 4.28. The highest BCUT2D eigenvalue weighted by atomic mass is 79.9. The lowest BCUT2D eigenvalue weighted by atomic mass is 9.85. The van der Waals surface area contributed by atoms with Gasteiger partial charge < -0.3 is 0 Å². The minimum atomic E-state index is -1.09. The van der Waals surface area contributed by atoms with Crippen LogP contribution in [0.2, 0.25) is 0 Å². The van der Waals surface area contributed by atoms with Crippen LogP contribution in [-0.4, -0.2) is 0 Å². The number of halogens is 18. The SMILES string of the molecule is Brc1ccc(C(Br)(Br)C(Br)(c2c(Br)c(Br)c(Br)c(Br)c2Br)C(Br)(Br)c2c(Br)c(Br)c(Br)c(Br)c2Br)c(Br)c1Br. The van der Waals surface area contributed by atoms with Gasteiger partial charge in [-0.3, -0.25) is 0 Å². The highest BCUT2D eigenvalue weighted by Gasteiger charge is 2.64. The Balaban J connectivity index is 2.66. The minimum absolute atomic E-state index is 0.794. The van der Waals surface area contributed by atoms with Crippen molar-refractivity contribution in [3.05, 3.63) is 87.0 Å². The van der Waals surface area contributed by atoms with Crippen LogP contribution in [0.1, 0.15) is 16.7 Å². The fraction of sp³-hybridized carbons (Fsp3) is 0.143.